The van der Waals surface area contributed by atoms with Crippen molar-refractivity contribution in [1.82, 2.24) is 5.32 Å². The van der Waals surface area contributed by atoms with Crippen molar-refractivity contribution in [3.63, 3.8) is 0 Å². The maximum absolute atomic E-state index is 13.1. The first-order valence-electron chi connectivity index (χ1n) is 11.1. The number of amidine groups is 1. The van der Waals surface area contributed by atoms with Crippen molar-refractivity contribution in [3.05, 3.63) is 82.3 Å². The van der Waals surface area contributed by atoms with Gasteiger partial charge in [-0.15, -0.1) is 0 Å². The zero-order chi connectivity index (χ0) is 24.1. The van der Waals surface area contributed by atoms with Crippen LogP contribution in [0.1, 0.15) is 41.6 Å². The second-order valence-electron chi connectivity index (χ2n) is 8.37. The Labute approximate surface area is 207 Å². The van der Waals surface area contributed by atoms with Crippen LogP contribution in [0.5, 0.6) is 23.0 Å². The Morgan fingerprint density at radius 2 is 1.35 bits per heavy atom. The smallest absolute Gasteiger partial charge is 0.251 e. The van der Waals surface area contributed by atoms with Crippen LogP contribution in [0.25, 0.3) is 0 Å². The quantitative estimate of drug-likeness (QED) is 0.247. The van der Waals surface area contributed by atoms with Crippen LogP contribution in [0.4, 0.5) is 0 Å². The van der Waals surface area contributed by atoms with Gasteiger partial charge >= 0.3 is 0 Å². The third-order valence-corrected chi connectivity index (χ3v) is 6.23. The highest BCUT2D eigenvalue weighted by molar-refractivity contribution is 9.10. The summed E-state index contributed by atoms with van der Waals surface area (Å²) in [6, 6.07) is 19.8. The number of hydrogen-bond acceptors (Lipinski definition) is 5. The van der Waals surface area contributed by atoms with Gasteiger partial charge in [0.05, 0.1) is 0 Å². The van der Waals surface area contributed by atoms with Crippen molar-refractivity contribution < 1.29 is 14.3 Å². The predicted molar refractivity (Wildman–Crippen MR) is 136 cm³/mol. The summed E-state index contributed by atoms with van der Waals surface area (Å²) in [5.41, 5.74) is 12.6. The number of nitrogen functional groups attached to an aromatic ring is 1. The molecule has 0 radical (unpaired) electrons. The molecule has 0 spiro atoms. The summed E-state index contributed by atoms with van der Waals surface area (Å²) in [5, 5.41) is 10.6. The molecule has 1 fully saturated rings. The molecule has 0 atom stereocenters. The lowest BCUT2D eigenvalue weighted by Gasteiger charge is -2.26. The SMILES string of the molecule is N=C(N)c1ccc(Oc2cc(Oc3ccc(Br)cc3)cc(C(=O)NC3CCC(N)CC3)c2)cc1. The molecule has 34 heavy (non-hydrogen) atoms. The molecule has 0 heterocycles. The first kappa shape index (κ1) is 23.8. The van der Waals surface area contributed by atoms with Crippen LogP contribution in [0.2, 0.25) is 0 Å². The summed E-state index contributed by atoms with van der Waals surface area (Å²) in [4.78, 5) is 13.1. The highest BCUT2D eigenvalue weighted by Crippen LogP contribution is 2.31. The van der Waals surface area contributed by atoms with E-state index in [1.54, 1.807) is 42.5 Å². The van der Waals surface area contributed by atoms with Crippen molar-refractivity contribution in [1.29, 1.82) is 5.41 Å². The number of nitrogens with one attached hydrogen (secondary N) is 2. The largest absolute Gasteiger partial charge is 0.457 e. The highest BCUT2D eigenvalue weighted by atomic mass is 79.9. The minimum absolute atomic E-state index is 0.0147. The fraction of sp³-hybridized carbons (Fsp3) is 0.231. The molecule has 0 aliphatic heterocycles. The summed E-state index contributed by atoms with van der Waals surface area (Å²) < 4.78 is 13.0. The average Bonchev–Trinajstić information content (AvgIpc) is 2.82. The van der Waals surface area contributed by atoms with Gasteiger partial charge in [-0.1, -0.05) is 15.9 Å². The third-order valence-electron chi connectivity index (χ3n) is 5.70. The van der Waals surface area contributed by atoms with Crippen molar-refractivity contribution in [3.8, 4) is 23.0 Å². The Morgan fingerprint density at radius 3 is 1.88 bits per heavy atom. The standard InChI is InChI=1S/C26H27BrN4O3/c27-18-3-11-22(12-4-18)34-24-14-17(26(32)31-20-7-5-19(28)6-8-20)13-23(15-24)33-21-9-1-16(2-10-21)25(29)30/h1-4,9-15,19-20H,5-8,28H2,(H3,29,30)(H,31,32). The fourth-order valence-electron chi connectivity index (χ4n) is 3.83. The van der Waals surface area contributed by atoms with Crippen LogP contribution in [0.15, 0.2) is 71.2 Å². The van der Waals surface area contributed by atoms with Gasteiger partial charge in [0.15, 0.2) is 0 Å². The average molecular weight is 523 g/mol. The summed E-state index contributed by atoms with van der Waals surface area (Å²) in [6.07, 6.45) is 3.55. The van der Waals surface area contributed by atoms with Gasteiger partial charge in [-0.3, -0.25) is 10.2 Å². The van der Waals surface area contributed by atoms with Crippen LogP contribution in [-0.2, 0) is 0 Å². The van der Waals surface area contributed by atoms with E-state index in [1.165, 1.54) is 0 Å². The molecule has 0 aromatic heterocycles. The molecule has 176 valence electrons. The Balaban J connectivity index is 1.57. The second kappa shape index (κ2) is 10.7. The van der Waals surface area contributed by atoms with E-state index in [0.29, 0.717) is 34.1 Å². The molecule has 1 aliphatic rings. The van der Waals surface area contributed by atoms with Gasteiger partial charge in [-0.2, -0.15) is 0 Å². The van der Waals surface area contributed by atoms with Gasteiger partial charge in [-0.25, -0.2) is 0 Å². The predicted octanol–water partition coefficient (Wildman–Crippen LogP) is 5.32. The monoisotopic (exact) mass is 522 g/mol. The molecule has 0 saturated heterocycles. The van der Waals surface area contributed by atoms with Crippen LogP contribution in [0.3, 0.4) is 0 Å². The van der Waals surface area contributed by atoms with E-state index in [0.717, 1.165) is 30.2 Å². The molecule has 0 bridgehead atoms. The molecular weight excluding hydrogens is 496 g/mol. The zero-order valence-electron chi connectivity index (χ0n) is 18.6. The number of benzene rings is 3. The lowest BCUT2D eigenvalue weighted by molar-refractivity contribution is 0.0925. The normalized spacial score (nSPS) is 17.6. The fourth-order valence-corrected chi connectivity index (χ4v) is 4.09. The number of rotatable bonds is 7. The lowest BCUT2D eigenvalue weighted by Crippen LogP contribution is -2.40. The molecule has 3 aromatic carbocycles. The van der Waals surface area contributed by atoms with Crippen LogP contribution in [0, 0.1) is 5.41 Å². The van der Waals surface area contributed by atoms with Gasteiger partial charge < -0.3 is 26.3 Å². The Morgan fingerprint density at radius 1 is 0.824 bits per heavy atom. The first-order valence-corrected chi connectivity index (χ1v) is 11.9. The van der Waals surface area contributed by atoms with E-state index >= 15 is 0 Å². The number of carbonyl (C=O) groups is 1. The minimum atomic E-state index is -0.182. The Bertz CT molecular complexity index is 1160. The maximum atomic E-state index is 13.1. The molecule has 1 aliphatic carbocycles. The van der Waals surface area contributed by atoms with Crippen molar-refractivity contribution in [2.45, 2.75) is 37.8 Å². The van der Waals surface area contributed by atoms with E-state index in [9.17, 15) is 4.79 Å². The van der Waals surface area contributed by atoms with E-state index in [2.05, 4.69) is 21.2 Å². The van der Waals surface area contributed by atoms with Gasteiger partial charge in [0, 0.05) is 33.7 Å². The molecule has 7 nitrogen and oxygen atoms in total. The number of hydrogen-bond donors (Lipinski definition) is 4. The van der Waals surface area contributed by atoms with Crippen LogP contribution < -0.4 is 26.3 Å². The summed E-state index contributed by atoms with van der Waals surface area (Å²) in [5.74, 6) is 1.94. The number of amides is 1. The zero-order valence-corrected chi connectivity index (χ0v) is 20.2. The third kappa shape index (κ3) is 6.36. The van der Waals surface area contributed by atoms with E-state index < -0.39 is 0 Å². The van der Waals surface area contributed by atoms with Crippen LogP contribution >= 0.6 is 15.9 Å². The molecule has 0 unspecified atom stereocenters. The summed E-state index contributed by atoms with van der Waals surface area (Å²) in [7, 11) is 0. The van der Waals surface area contributed by atoms with Crippen LogP contribution in [-0.4, -0.2) is 23.8 Å². The molecule has 8 heteroatoms. The topological polar surface area (TPSA) is 123 Å². The van der Waals surface area contributed by atoms with Crippen molar-refractivity contribution >= 4 is 27.7 Å². The molecule has 6 N–H and O–H groups in total. The first-order chi connectivity index (χ1) is 16.4. The molecular formula is C26H27BrN4O3. The molecule has 1 amide bonds. The van der Waals surface area contributed by atoms with E-state index in [-0.39, 0.29) is 23.8 Å². The summed E-state index contributed by atoms with van der Waals surface area (Å²) in [6.45, 7) is 0. The number of carbonyl (C=O) groups excluding carboxylic acids is 1. The van der Waals surface area contributed by atoms with Crippen molar-refractivity contribution in [2.75, 3.05) is 0 Å². The number of ether oxygens (including phenoxy) is 2. The van der Waals surface area contributed by atoms with E-state index in [1.807, 2.05) is 24.3 Å². The Kier molecular flexibility index (Phi) is 7.49. The summed E-state index contributed by atoms with van der Waals surface area (Å²) >= 11 is 3.42. The van der Waals surface area contributed by atoms with Crippen molar-refractivity contribution in [2.24, 2.45) is 11.5 Å². The minimum Gasteiger partial charge on any atom is -0.457 e. The second-order valence-corrected chi connectivity index (χ2v) is 9.29. The molecule has 1 saturated carbocycles. The maximum Gasteiger partial charge on any atom is 0.251 e. The number of halogens is 1. The highest BCUT2D eigenvalue weighted by Gasteiger charge is 2.21. The van der Waals surface area contributed by atoms with Gasteiger partial charge in [-0.05, 0) is 86.3 Å². The van der Waals surface area contributed by atoms with E-state index in [4.69, 9.17) is 26.4 Å². The Hall–Kier alpha value is -3.36. The van der Waals surface area contributed by atoms with Gasteiger partial charge in [0.2, 0.25) is 0 Å². The van der Waals surface area contributed by atoms with Gasteiger partial charge in [0.25, 0.3) is 5.91 Å². The van der Waals surface area contributed by atoms with Gasteiger partial charge in [0.1, 0.15) is 28.8 Å². The number of nitrogens with two attached hydrogens (primary N) is 2. The lowest BCUT2D eigenvalue weighted by atomic mass is 9.91. The molecule has 3 aromatic rings. The molecule has 4 rings (SSSR count).